The van der Waals surface area contributed by atoms with Gasteiger partial charge >= 0.3 is 5.97 Å². The van der Waals surface area contributed by atoms with E-state index in [4.69, 9.17) is 9.16 Å². The highest BCUT2D eigenvalue weighted by Crippen LogP contribution is 2.53. The molecule has 0 heterocycles. The van der Waals surface area contributed by atoms with Gasteiger partial charge in [-0.25, -0.2) is 0 Å². The zero-order valence-corrected chi connectivity index (χ0v) is 15.5. The second-order valence-corrected chi connectivity index (χ2v) is 12.3. The largest absolute Gasteiger partial charge is 0.468 e. The van der Waals surface area contributed by atoms with Gasteiger partial charge in [-0.05, 0) is 45.0 Å². The molecule has 0 unspecified atom stereocenters. The van der Waals surface area contributed by atoms with Crippen molar-refractivity contribution in [1.82, 2.24) is 0 Å². The van der Waals surface area contributed by atoms with Crippen LogP contribution in [0, 0.1) is 5.41 Å². The average molecular weight is 344 g/mol. The van der Waals surface area contributed by atoms with Gasteiger partial charge in [-0.1, -0.05) is 6.08 Å². The first kappa shape index (κ1) is 18.6. The molecular weight excluding hydrogens is 316 g/mol. The Labute approximate surface area is 138 Å². The summed E-state index contributed by atoms with van der Waals surface area (Å²) in [6.45, 7) is 7.55. The minimum Gasteiger partial charge on any atom is -0.468 e. The third-order valence-electron chi connectivity index (χ3n) is 4.80. The number of ether oxygens (including phenoxy) is 1. The topological polar surface area (TPSA) is 96.2 Å². The molecule has 2 rings (SSSR count). The number of fused-ring (bicyclic) bond motifs is 1. The fourth-order valence-electron chi connectivity index (χ4n) is 3.89. The van der Waals surface area contributed by atoms with E-state index in [1.807, 2.05) is 19.6 Å². The standard InChI is InChI=1S/C16H28O6Si/c1-15(20)7-6-12(18)16(14(19)21-2)11(15)8-10(17)9-13(16)22-23(3,4)5/h8,10,12-13,17-18,20H,6-7,9H2,1-5H3/t10-,12+,13-,15+,16-/m1/s1. The van der Waals surface area contributed by atoms with Crippen LogP contribution in [-0.2, 0) is 14.0 Å². The van der Waals surface area contributed by atoms with Crippen LogP contribution in [0.5, 0.6) is 0 Å². The number of carbonyl (C=O) groups is 1. The summed E-state index contributed by atoms with van der Waals surface area (Å²) in [7, 11) is -0.806. The maximum atomic E-state index is 12.7. The molecule has 0 amide bonds. The smallest absolute Gasteiger partial charge is 0.321 e. The summed E-state index contributed by atoms with van der Waals surface area (Å²) in [5, 5.41) is 31.7. The summed E-state index contributed by atoms with van der Waals surface area (Å²) < 4.78 is 11.2. The maximum absolute atomic E-state index is 12.7. The molecule has 6 nitrogen and oxygen atoms in total. The summed E-state index contributed by atoms with van der Waals surface area (Å²) in [4.78, 5) is 12.7. The molecule has 0 aliphatic heterocycles. The highest BCUT2D eigenvalue weighted by atomic mass is 28.4. The third-order valence-corrected chi connectivity index (χ3v) is 5.79. The lowest BCUT2D eigenvalue weighted by Gasteiger charge is -2.54. The molecule has 1 fully saturated rings. The van der Waals surface area contributed by atoms with Crippen molar-refractivity contribution in [3.8, 4) is 0 Å². The fourth-order valence-corrected chi connectivity index (χ4v) is 5.03. The number of methoxy groups -OCH3 is 1. The van der Waals surface area contributed by atoms with Gasteiger partial charge in [0.1, 0.15) is 5.41 Å². The van der Waals surface area contributed by atoms with Gasteiger partial charge in [0.15, 0.2) is 8.32 Å². The van der Waals surface area contributed by atoms with E-state index in [9.17, 15) is 20.1 Å². The molecule has 2 aliphatic rings. The fraction of sp³-hybridized carbons (Fsp3) is 0.812. The van der Waals surface area contributed by atoms with Gasteiger partial charge in [-0.3, -0.25) is 4.79 Å². The van der Waals surface area contributed by atoms with Crippen LogP contribution < -0.4 is 0 Å². The lowest BCUT2D eigenvalue weighted by Crippen LogP contribution is -2.64. The summed E-state index contributed by atoms with van der Waals surface area (Å²) in [6.07, 6.45) is -0.319. The molecule has 0 saturated heterocycles. The Morgan fingerprint density at radius 3 is 2.48 bits per heavy atom. The van der Waals surface area contributed by atoms with Gasteiger partial charge < -0.3 is 24.5 Å². The Hall–Kier alpha value is -0.733. The number of aliphatic hydroxyl groups is 3. The quantitative estimate of drug-likeness (QED) is 0.401. The highest BCUT2D eigenvalue weighted by Gasteiger charge is 2.64. The molecule has 0 bridgehead atoms. The van der Waals surface area contributed by atoms with Crippen LogP contribution in [-0.4, -0.2) is 60.6 Å². The molecule has 23 heavy (non-hydrogen) atoms. The Bertz CT molecular complexity index is 509. The SMILES string of the molecule is COC(=O)[C@@]12C(=C[C@@H](O)C[C@H]1O[Si](C)(C)C)[C@@](C)(O)CC[C@@H]2O. The van der Waals surface area contributed by atoms with Crippen molar-refractivity contribution in [2.75, 3.05) is 7.11 Å². The highest BCUT2D eigenvalue weighted by molar-refractivity contribution is 6.69. The predicted molar refractivity (Wildman–Crippen MR) is 87.2 cm³/mol. The molecule has 0 spiro atoms. The van der Waals surface area contributed by atoms with Crippen molar-refractivity contribution in [2.24, 2.45) is 5.41 Å². The molecular formula is C16H28O6Si. The molecule has 132 valence electrons. The summed E-state index contributed by atoms with van der Waals surface area (Å²) >= 11 is 0. The second-order valence-electron chi connectivity index (χ2n) is 7.79. The van der Waals surface area contributed by atoms with E-state index in [1.54, 1.807) is 6.92 Å². The first-order chi connectivity index (χ1) is 10.4. The number of hydrogen-bond donors (Lipinski definition) is 3. The van der Waals surface area contributed by atoms with Crippen LogP contribution in [0.3, 0.4) is 0 Å². The molecule has 0 aromatic carbocycles. The van der Waals surface area contributed by atoms with Crippen molar-refractivity contribution < 1.29 is 29.3 Å². The minimum atomic E-state index is -2.07. The van der Waals surface area contributed by atoms with Gasteiger partial charge in [0.2, 0.25) is 0 Å². The van der Waals surface area contributed by atoms with E-state index in [1.165, 1.54) is 13.2 Å². The molecule has 0 aromatic heterocycles. The summed E-state index contributed by atoms with van der Waals surface area (Å²) in [5.74, 6) is -0.619. The van der Waals surface area contributed by atoms with Crippen LogP contribution >= 0.6 is 0 Å². The van der Waals surface area contributed by atoms with E-state index >= 15 is 0 Å². The molecule has 5 atom stereocenters. The van der Waals surface area contributed by atoms with Crippen LogP contribution in [0.15, 0.2) is 11.6 Å². The molecule has 0 radical (unpaired) electrons. The van der Waals surface area contributed by atoms with Crippen molar-refractivity contribution in [3.05, 3.63) is 11.6 Å². The van der Waals surface area contributed by atoms with Crippen LogP contribution in [0.25, 0.3) is 0 Å². The third kappa shape index (κ3) is 3.12. The Morgan fingerprint density at radius 1 is 1.35 bits per heavy atom. The Kier molecular flexibility index (Phi) is 4.82. The number of esters is 1. The van der Waals surface area contributed by atoms with Crippen LogP contribution in [0.4, 0.5) is 0 Å². The number of aliphatic hydroxyl groups excluding tert-OH is 2. The second kappa shape index (κ2) is 5.97. The molecule has 3 N–H and O–H groups in total. The van der Waals surface area contributed by atoms with E-state index < -0.39 is 43.6 Å². The lowest BCUT2D eigenvalue weighted by molar-refractivity contribution is -0.179. The van der Waals surface area contributed by atoms with E-state index in [2.05, 4.69) is 0 Å². The molecule has 7 heteroatoms. The molecule has 2 aliphatic carbocycles. The van der Waals surface area contributed by atoms with Crippen molar-refractivity contribution >= 4 is 14.3 Å². The first-order valence-corrected chi connectivity index (χ1v) is 11.4. The van der Waals surface area contributed by atoms with Gasteiger partial charge in [-0.15, -0.1) is 0 Å². The average Bonchev–Trinajstić information content (AvgIpc) is 2.41. The van der Waals surface area contributed by atoms with Gasteiger partial charge in [0, 0.05) is 6.42 Å². The Balaban J connectivity index is 2.64. The summed E-state index contributed by atoms with van der Waals surface area (Å²) in [6, 6.07) is 0. The number of carbonyl (C=O) groups excluding carboxylic acids is 1. The maximum Gasteiger partial charge on any atom is 0.321 e. The lowest BCUT2D eigenvalue weighted by atomic mass is 9.56. The van der Waals surface area contributed by atoms with Crippen LogP contribution in [0.1, 0.15) is 26.2 Å². The van der Waals surface area contributed by atoms with Crippen LogP contribution in [0.2, 0.25) is 19.6 Å². The van der Waals surface area contributed by atoms with Gasteiger partial charge in [-0.2, -0.15) is 0 Å². The molecule has 0 aromatic rings. The van der Waals surface area contributed by atoms with Crippen molar-refractivity contribution in [3.63, 3.8) is 0 Å². The summed E-state index contributed by atoms with van der Waals surface area (Å²) in [5.41, 5.74) is -2.44. The van der Waals surface area contributed by atoms with E-state index in [0.29, 0.717) is 12.0 Å². The van der Waals surface area contributed by atoms with Gasteiger partial charge in [0.05, 0.1) is 31.0 Å². The van der Waals surface area contributed by atoms with Crippen molar-refractivity contribution in [2.45, 2.75) is 69.7 Å². The zero-order chi connectivity index (χ0) is 17.6. The predicted octanol–water partition coefficient (Wildman–Crippen LogP) is 0.963. The minimum absolute atomic E-state index is 0.190. The monoisotopic (exact) mass is 344 g/mol. The van der Waals surface area contributed by atoms with Gasteiger partial charge in [0.25, 0.3) is 0 Å². The zero-order valence-electron chi connectivity index (χ0n) is 14.5. The van der Waals surface area contributed by atoms with E-state index in [-0.39, 0.29) is 12.8 Å². The number of hydrogen-bond acceptors (Lipinski definition) is 6. The first-order valence-electron chi connectivity index (χ1n) is 8.02. The van der Waals surface area contributed by atoms with Crippen molar-refractivity contribution in [1.29, 1.82) is 0 Å². The normalized spacial score (nSPS) is 41.0. The Morgan fingerprint density at radius 2 is 1.96 bits per heavy atom. The van der Waals surface area contributed by atoms with E-state index in [0.717, 1.165) is 0 Å². The number of rotatable bonds is 3. The molecule has 1 saturated carbocycles.